The van der Waals surface area contributed by atoms with E-state index in [0.717, 1.165) is 5.52 Å². The van der Waals surface area contributed by atoms with Crippen LogP contribution in [0.5, 0.6) is 5.75 Å². The van der Waals surface area contributed by atoms with Gasteiger partial charge in [-0.1, -0.05) is 36.4 Å². The lowest BCUT2D eigenvalue weighted by Crippen LogP contribution is -2.56. The van der Waals surface area contributed by atoms with E-state index in [2.05, 4.69) is 23.5 Å². The zero-order valence-corrected chi connectivity index (χ0v) is 28.4. The summed E-state index contributed by atoms with van der Waals surface area (Å²) in [6.07, 6.45) is 5.79. The van der Waals surface area contributed by atoms with Crippen molar-refractivity contribution in [3.8, 4) is 5.75 Å². The molecule has 0 aliphatic carbocycles. The topological polar surface area (TPSA) is 130 Å². The molecule has 1 N–H and O–H groups in total. The van der Waals surface area contributed by atoms with Crippen molar-refractivity contribution in [2.24, 2.45) is 11.8 Å². The molecule has 1 spiro atoms. The molecule has 3 amide bonds. The van der Waals surface area contributed by atoms with E-state index < -0.39 is 29.1 Å². The lowest BCUT2D eigenvalue weighted by atomic mass is 9.64. The maximum atomic E-state index is 14.9. The van der Waals surface area contributed by atoms with Crippen molar-refractivity contribution in [2.75, 3.05) is 37.7 Å². The zero-order chi connectivity index (χ0) is 34.8. The number of aliphatic hydroxyl groups is 1. The van der Waals surface area contributed by atoms with Crippen LogP contribution in [-0.4, -0.2) is 97.7 Å². The number of fused-ring (bicyclic) bond motifs is 2. The fraction of sp³-hybridized carbons (Fsp3) is 0.486. The molecule has 4 heterocycles. The Labute approximate surface area is 286 Å². The molecule has 0 radical (unpaired) electrons. The summed E-state index contributed by atoms with van der Waals surface area (Å²) in [4.78, 5) is 49.3. The summed E-state index contributed by atoms with van der Waals surface area (Å²) in [5.41, 5.74) is 0.0176. The number of anilines is 1. The number of hydrogen-bond donors (Lipinski definition) is 1. The summed E-state index contributed by atoms with van der Waals surface area (Å²) in [6, 6.07) is 13.9. The summed E-state index contributed by atoms with van der Waals surface area (Å²) in [6.45, 7) is 13.0. The van der Waals surface area contributed by atoms with E-state index in [9.17, 15) is 19.5 Å². The molecular weight excluding hydrogens is 624 g/mol. The minimum absolute atomic E-state index is 0.0354. The molecule has 260 valence electrons. The van der Waals surface area contributed by atoms with Crippen LogP contribution in [0.2, 0.25) is 0 Å². The first-order chi connectivity index (χ1) is 23.8. The zero-order valence-electron chi connectivity index (χ0n) is 28.4. The second-order valence-corrected chi connectivity index (χ2v) is 13.0. The fourth-order valence-corrected chi connectivity index (χ4v) is 8.25. The van der Waals surface area contributed by atoms with E-state index in [-0.39, 0.29) is 50.6 Å². The van der Waals surface area contributed by atoms with Crippen LogP contribution in [-0.2, 0) is 25.8 Å². The average Bonchev–Trinajstić information content (AvgIpc) is 3.84. The van der Waals surface area contributed by atoms with Crippen LogP contribution in [0.4, 0.5) is 5.69 Å². The van der Waals surface area contributed by atoms with Crippen LogP contribution in [0.25, 0.3) is 11.0 Å². The van der Waals surface area contributed by atoms with E-state index in [0.29, 0.717) is 55.7 Å². The smallest absolute Gasteiger partial charge is 0.250 e. The van der Waals surface area contributed by atoms with Crippen molar-refractivity contribution in [1.29, 1.82) is 0 Å². The molecule has 12 heteroatoms. The molecule has 3 aromatic rings. The molecule has 12 nitrogen and oxygen atoms in total. The minimum atomic E-state index is -1.20. The second-order valence-electron chi connectivity index (χ2n) is 13.0. The monoisotopic (exact) mass is 670 g/mol. The Bertz CT molecular complexity index is 1710. The first kappa shape index (κ1) is 34.3. The number of unbranched alkanes of at least 4 members (excludes halogenated alkanes) is 1. The summed E-state index contributed by atoms with van der Waals surface area (Å²) in [7, 11) is 0. The molecule has 2 unspecified atom stereocenters. The van der Waals surface area contributed by atoms with Crippen LogP contribution in [0.15, 0.2) is 73.8 Å². The van der Waals surface area contributed by atoms with Gasteiger partial charge in [0.1, 0.15) is 29.6 Å². The highest BCUT2D eigenvalue weighted by molar-refractivity contribution is 6.03. The lowest BCUT2D eigenvalue weighted by Gasteiger charge is -2.37. The van der Waals surface area contributed by atoms with Gasteiger partial charge in [-0.25, -0.2) is 4.68 Å². The van der Waals surface area contributed by atoms with Gasteiger partial charge in [0.05, 0.1) is 29.6 Å². The number of benzene rings is 2. The van der Waals surface area contributed by atoms with Crippen molar-refractivity contribution in [3.05, 3.63) is 73.8 Å². The van der Waals surface area contributed by atoms with Crippen LogP contribution >= 0.6 is 0 Å². The predicted molar refractivity (Wildman–Crippen MR) is 184 cm³/mol. The first-order valence-electron chi connectivity index (χ1n) is 17.2. The number of carbonyl (C=O) groups is 3. The Hall–Kier alpha value is -4.55. The van der Waals surface area contributed by atoms with Crippen molar-refractivity contribution in [2.45, 2.75) is 69.9 Å². The Kier molecular flexibility index (Phi) is 9.89. The van der Waals surface area contributed by atoms with Crippen LogP contribution in [0, 0.1) is 11.8 Å². The number of para-hydroxylation sites is 1. The molecule has 3 aliphatic rings. The maximum Gasteiger partial charge on any atom is 0.250 e. The number of hydrogen-bond acceptors (Lipinski definition) is 8. The van der Waals surface area contributed by atoms with Crippen molar-refractivity contribution in [1.82, 2.24) is 24.8 Å². The van der Waals surface area contributed by atoms with Crippen molar-refractivity contribution in [3.63, 3.8) is 0 Å². The number of amides is 3. The van der Waals surface area contributed by atoms with Crippen molar-refractivity contribution >= 4 is 34.4 Å². The molecule has 3 aliphatic heterocycles. The van der Waals surface area contributed by atoms with E-state index >= 15 is 0 Å². The van der Waals surface area contributed by atoms with Gasteiger partial charge in [-0.2, -0.15) is 0 Å². The third kappa shape index (κ3) is 5.80. The number of aromatic nitrogens is 3. The van der Waals surface area contributed by atoms with Gasteiger partial charge in [-0.3, -0.25) is 14.4 Å². The van der Waals surface area contributed by atoms with Crippen LogP contribution < -0.4 is 9.64 Å². The van der Waals surface area contributed by atoms with Gasteiger partial charge in [0.2, 0.25) is 17.7 Å². The summed E-state index contributed by atoms with van der Waals surface area (Å²) in [5, 5.41) is 18.1. The van der Waals surface area contributed by atoms with Gasteiger partial charge in [-0.05, 0) is 75.4 Å². The standard InChI is InChI=1S/C37H46N6O6/c1-5-21-40(25-43-29-14-10-9-13-28(29)38-39-43)35(47)32-37-20-19-36(7-3,49-37)30(31(37)34(46)42(32)23-11-12-24-44)33(45)41(22-6-2)26-15-17-27(18-16-26)48-8-4/h5-6,9-10,13-18,30-32,44H,1-2,7-8,11-12,19-25H2,3-4H3/t30-,31+,32?,36+,37?/m1/s1. The molecule has 2 aromatic carbocycles. The lowest BCUT2D eigenvalue weighted by molar-refractivity contribution is -0.153. The Balaban J connectivity index is 1.39. The Morgan fingerprint density at radius 2 is 1.82 bits per heavy atom. The number of rotatable bonds is 16. The van der Waals surface area contributed by atoms with Gasteiger partial charge in [0.25, 0.3) is 0 Å². The van der Waals surface area contributed by atoms with Gasteiger partial charge in [0.15, 0.2) is 0 Å². The van der Waals surface area contributed by atoms with Crippen LogP contribution in [0.1, 0.15) is 46.0 Å². The maximum absolute atomic E-state index is 14.9. The molecule has 2 bridgehead atoms. The van der Waals surface area contributed by atoms with Gasteiger partial charge < -0.3 is 29.3 Å². The second kappa shape index (κ2) is 14.1. The third-order valence-corrected chi connectivity index (χ3v) is 10.4. The summed E-state index contributed by atoms with van der Waals surface area (Å²) in [5.74, 6) is -1.77. The fourth-order valence-electron chi connectivity index (χ4n) is 8.25. The molecule has 0 saturated carbocycles. The summed E-state index contributed by atoms with van der Waals surface area (Å²) >= 11 is 0. The highest BCUT2D eigenvalue weighted by Crippen LogP contribution is 2.64. The first-order valence-corrected chi connectivity index (χ1v) is 17.2. The molecule has 1 aromatic heterocycles. The predicted octanol–water partition coefficient (Wildman–Crippen LogP) is 3.95. The highest BCUT2D eigenvalue weighted by Gasteiger charge is 2.79. The molecule has 5 atom stereocenters. The third-order valence-electron chi connectivity index (χ3n) is 10.4. The van der Waals surface area contributed by atoms with E-state index in [1.807, 2.05) is 62.4 Å². The van der Waals surface area contributed by atoms with Gasteiger partial charge in [0, 0.05) is 31.9 Å². The molecule has 6 rings (SSSR count). The SMILES string of the molecule is C=CCN(Cn1nnc2ccccc21)C(=O)C1N(CCCCO)C(=O)[C@@H]2[C@H](C(=O)N(CC=C)c3ccc(OCC)cc3)[C@]3(CC)CCC12O3. The minimum Gasteiger partial charge on any atom is -0.494 e. The Morgan fingerprint density at radius 1 is 1.06 bits per heavy atom. The molecule has 49 heavy (non-hydrogen) atoms. The number of carbonyl (C=O) groups excluding carboxylic acids is 3. The summed E-state index contributed by atoms with van der Waals surface area (Å²) < 4.78 is 14.3. The average molecular weight is 671 g/mol. The van der Waals surface area contributed by atoms with Gasteiger partial charge in [-0.15, -0.1) is 18.3 Å². The number of aliphatic hydroxyl groups excluding tert-OH is 1. The van der Waals surface area contributed by atoms with Crippen LogP contribution in [0.3, 0.4) is 0 Å². The van der Waals surface area contributed by atoms with E-state index in [1.54, 1.807) is 31.5 Å². The largest absolute Gasteiger partial charge is 0.494 e. The molecule has 3 saturated heterocycles. The normalized spacial score (nSPS) is 25.4. The van der Waals surface area contributed by atoms with Crippen molar-refractivity contribution < 1.29 is 29.0 Å². The number of likely N-dealkylation sites (tertiary alicyclic amines) is 1. The van der Waals surface area contributed by atoms with E-state index in [4.69, 9.17) is 9.47 Å². The quantitative estimate of drug-likeness (QED) is 0.179. The van der Waals surface area contributed by atoms with Gasteiger partial charge >= 0.3 is 0 Å². The molecule has 3 fully saturated rings. The highest BCUT2D eigenvalue weighted by atomic mass is 16.5. The van der Waals surface area contributed by atoms with E-state index in [1.165, 1.54) is 0 Å². The molecular formula is C37H46N6O6. The number of nitrogens with zero attached hydrogens (tertiary/aromatic N) is 6. The number of ether oxygens (including phenoxy) is 2. The Morgan fingerprint density at radius 3 is 2.51 bits per heavy atom.